The second-order valence-corrected chi connectivity index (χ2v) is 4.91. The molecule has 19 heavy (non-hydrogen) atoms. The maximum atomic E-state index is 12.2. The first kappa shape index (κ1) is 13.8. The summed E-state index contributed by atoms with van der Waals surface area (Å²) in [5.41, 5.74) is 0.150. The van der Waals surface area contributed by atoms with Gasteiger partial charge in [0.05, 0.1) is 12.7 Å². The summed E-state index contributed by atoms with van der Waals surface area (Å²) in [6.07, 6.45) is 5.21. The van der Waals surface area contributed by atoms with Crippen LogP contribution in [0.2, 0.25) is 0 Å². The Bertz CT molecular complexity index is 452. The quantitative estimate of drug-likeness (QED) is 0.847. The molecule has 3 nitrogen and oxygen atoms in total. The highest BCUT2D eigenvalue weighted by Gasteiger charge is 2.47. The van der Waals surface area contributed by atoms with Crippen molar-refractivity contribution in [2.24, 2.45) is 5.41 Å². The van der Waals surface area contributed by atoms with Crippen molar-refractivity contribution in [1.29, 1.82) is 0 Å². The number of carbonyl (C=O) groups excluding carboxylic acids is 1. The number of benzene rings is 1. The van der Waals surface area contributed by atoms with Crippen LogP contribution >= 0.6 is 0 Å². The molecular formula is C16H20O3. The highest BCUT2D eigenvalue weighted by molar-refractivity contribution is 5.81. The fourth-order valence-electron chi connectivity index (χ4n) is 2.59. The topological polar surface area (TPSA) is 46.5 Å². The Morgan fingerprint density at radius 2 is 2.21 bits per heavy atom. The smallest absolute Gasteiger partial charge is 0.318 e. The van der Waals surface area contributed by atoms with Gasteiger partial charge in [-0.05, 0) is 31.7 Å². The van der Waals surface area contributed by atoms with Gasteiger partial charge in [0.1, 0.15) is 5.41 Å². The standard InChI is InChI=1S/C16H20O3/c1-2-19-15(18)16(11-6-9-14(16)17)12-10-13-7-4-3-5-8-13/h3-5,7-8,10,12,14,17H,2,6,9,11H2,1H3. The molecule has 1 saturated carbocycles. The molecule has 1 aromatic rings. The summed E-state index contributed by atoms with van der Waals surface area (Å²) in [5.74, 6) is -0.313. The predicted octanol–water partition coefficient (Wildman–Crippen LogP) is 2.79. The molecular weight excluding hydrogens is 240 g/mol. The van der Waals surface area contributed by atoms with E-state index in [9.17, 15) is 9.90 Å². The zero-order chi connectivity index (χ0) is 13.7. The van der Waals surface area contributed by atoms with Crippen molar-refractivity contribution in [2.45, 2.75) is 32.3 Å². The third-order valence-electron chi connectivity index (χ3n) is 3.69. The van der Waals surface area contributed by atoms with Gasteiger partial charge in [0, 0.05) is 0 Å². The van der Waals surface area contributed by atoms with Gasteiger partial charge in [-0.2, -0.15) is 0 Å². The molecule has 2 atom stereocenters. The van der Waals surface area contributed by atoms with Crippen LogP contribution in [0.25, 0.3) is 6.08 Å². The lowest BCUT2D eigenvalue weighted by molar-refractivity contribution is -0.156. The fraction of sp³-hybridized carbons (Fsp3) is 0.438. The van der Waals surface area contributed by atoms with Crippen molar-refractivity contribution in [1.82, 2.24) is 0 Å². The van der Waals surface area contributed by atoms with E-state index in [4.69, 9.17) is 4.74 Å². The first-order chi connectivity index (χ1) is 9.19. The number of carbonyl (C=O) groups is 1. The van der Waals surface area contributed by atoms with E-state index in [1.54, 1.807) is 6.92 Å². The van der Waals surface area contributed by atoms with Gasteiger partial charge in [0.25, 0.3) is 0 Å². The van der Waals surface area contributed by atoms with Gasteiger partial charge >= 0.3 is 5.97 Å². The van der Waals surface area contributed by atoms with Crippen LogP contribution in [0.5, 0.6) is 0 Å². The third kappa shape index (κ3) is 2.87. The van der Waals surface area contributed by atoms with Crippen LogP contribution in [-0.2, 0) is 9.53 Å². The highest BCUT2D eigenvalue weighted by atomic mass is 16.5. The van der Waals surface area contributed by atoms with E-state index in [0.717, 1.165) is 12.0 Å². The van der Waals surface area contributed by atoms with E-state index in [2.05, 4.69) is 0 Å². The normalized spacial score (nSPS) is 26.7. The molecule has 0 aromatic heterocycles. The van der Waals surface area contributed by atoms with Crippen LogP contribution in [0.4, 0.5) is 0 Å². The molecule has 0 bridgehead atoms. The monoisotopic (exact) mass is 260 g/mol. The number of esters is 1. The lowest BCUT2D eigenvalue weighted by atomic mass is 9.83. The minimum atomic E-state index is -0.869. The van der Waals surface area contributed by atoms with E-state index in [0.29, 0.717) is 19.4 Å². The fourth-order valence-corrected chi connectivity index (χ4v) is 2.59. The average Bonchev–Trinajstić information content (AvgIpc) is 2.80. The Labute approximate surface area is 113 Å². The Hall–Kier alpha value is -1.61. The molecule has 1 fully saturated rings. The largest absolute Gasteiger partial charge is 0.465 e. The van der Waals surface area contributed by atoms with Crippen LogP contribution in [-0.4, -0.2) is 23.8 Å². The molecule has 0 heterocycles. The Morgan fingerprint density at radius 3 is 2.79 bits per heavy atom. The summed E-state index contributed by atoms with van der Waals surface area (Å²) >= 11 is 0. The molecule has 2 unspecified atom stereocenters. The summed E-state index contributed by atoms with van der Waals surface area (Å²) < 4.78 is 5.14. The van der Waals surface area contributed by atoms with Crippen LogP contribution in [0.3, 0.4) is 0 Å². The van der Waals surface area contributed by atoms with Crippen molar-refractivity contribution in [2.75, 3.05) is 6.61 Å². The first-order valence-electron chi connectivity index (χ1n) is 6.78. The van der Waals surface area contributed by atoms with Crippen molar-refractivity contribution in [3.8, 4) is 0 Å². The summed E-state index contributed by atoms with van der Waals surface area (Å²) in [5, 5.41) is 10.2. The minimum absolute atomic E-state index is 0.313. The lowest BCUT2D eigenvalue weighted by Gasteiger charge is -2.26. The molecule has 1 aromatic carbocycles. The number of rotatable bonds is 4. The third-order valence-corrected chi connectivity index (χ3v) is 3.69. The Morgan fingerprint density at radius 1 is 1.47 bits per heavy atom. The average molecular weight is 260 g/mol. The molecule has 102 valence electrons. The summed E-state index contributed by atoms with van der Waals surface area (Å²) in [4.78, 5) is 12.2. The maximum Gasteiger partial charge on any atom is 0.318 e. The van der Waals surface area contributed by atoms with Crippen LogP contribution in [0, 0.1) is 5.41 Å². The van der Waals surface area contributed by atoms with Gasteiger partial charge in [-0.15, -0.1) is 0 Å². The molecule has 1 N–H and O–H groups in total. The second kappa shape index (κ2) is 6.02. The molecule has 0 saturated heterocycles. The van der Waals surface area contributed by atoms with Crippen molar-refractivity contribution >= 4 is 12.0 Å². The molecule has 2 rings (SSSR count). The lowest BCUT2D eigenvalue weighted by Crippen LogP contribution is -2.38. The highest BCUT2D eigenvalue weighted by Crippen LogP contribution is 2.41. The van der Waals surface area contributed by atoms with Crippen LogP contribution in [0.1, 0.15) is 31.7 Å². The van der Waals surface area contributed by atoms with Gasteiger partial charge in [-0.1, -0.05) is 42.5 Å². The molecule has 0 amide bonds. The molecule has 3 heteroatoms. The molecule has 0 aliphatic heterocycles. The number of ether oxygens (including phenoxy) is 1. The van der Waals surface area contributed by atoms with Gasteiger partial charge in [-0.25, -0.2) is 0 Å². The summed E-state index contributed by atoms with van der Waals surface area (Å²) in [6, 6.07) is 9.78. The maximum absolute atomic E-state index is 12.2. The first-order valence-corrected chi connectivity index (χ1v) is 6.78. The van der Waals surface area contributed by atoms with E-state index >= 15 is 0 Å². The summed E-state index contributed by atoms with van der Waals surface area (Å²) in [6.45, 7) is 2.13. The van der Waals surface area contributed by atoms with Gasteiger partial charge in [0.15, 0.2) is 0 Å². The zero-order valence-electron chi connectivity index (χ0n) is 11.2. The number of hydrogen-bond donors (Lipinski definition) is 1. The van der Waals surface area contributed by atoms with Gasteiger partial charge in [0.2, 0.25) is 0 Å². The zero-order valence-corrected chi connectivity index (χ0v) is 11.2. The second-order valence-electron chi connectivity index (χ2n) is 4.91. The van der Waals surface area contributed by atoms with Gasteiger partial charge in [-0.3, -0.25) is 4.79 Å². The van der Waals surface area contributed by atoms with Crippen molar-refractivity contribution < 1.29 is 14.6 Å². The van der Waals surface area contributed by atoms with E-state index in [1.807, 2.05) is 42.5 Å². The van der Waals surface area contributed by atoms with Crippen LogP contribution in [0.15, 0.2) is 36.4 Å². The molecule has 1 aliphatic rings. The minimum Gasteiger partial charge on any atom is -0.465 e. The molecule has 0 radical (unpaired) electrons. The number of hydrogen-bond acceptors (Lipinski definition) is 3. The number of aliphatic hydroxyl groups is 1. The van der Waals surface area contributed by atoms with Crippen molar-refractivity contribution in [3.05, 3.63) is 42.0 Å². The van der Waals surface area contributed by atoms with E-state index in [1.165, 1.54) is 0 Å². The molecule has 1 aliphatic carbocycles. The SMILES string of the molecule is CCOC(=O)C1(C=Cc2ccccc2)CCCC1O. The number of aliphatic hydroxyl groups excluding tert-OH is 1. The summed E-state index contributed by atoms with van der Waals surface area (Å²) in [7, 11) is 0. The Balaban J connectivity index is 2.24. The van der Waals surface area contributed by atoms with Crippen LogP contribution < -0.4 is 0 Å². The Kier molecular flexibility index (Phi) is 4.38. The van der Waals surface area contributed by atoms with Gasteiger partial charge < -0.3 is 9.84 Å². The molecule has 0 spiro atoms. The van der Waals surface area contributed by atoms with E-state index < -0.39 is 11.5 Å². The predicted molar refractivity (Wildman–Crippen MR) is 74.4 cm³/mol. The van der Waals surface area contributed by atoms with E-state index in [-0.39, 0.29) is 5.97 Å². The van der Waals surface area contributed by atoms with Crippen molar-refractivity contribution in [3.63, 3.8) is 0 Å².